The van der Waals surface area contributed by atoms with Gasteiger partial charge < -0.3 is 19.7 Å². The Morgan fingerprint density at radius 3 is 2.89 bits per heavy atom. The zero-order valence-corrected chi connectivity index (χ0v) is 10.1. The minimum absolute atomic E-state index is 0.0918. The Kier molecular flexibility index (Phi) is 3.04. The maximum Gasteiger partial charge on any atom is 0.240 e. The van der Waals surface area contributed by atoms with Crippen molar-refractivity contribution in [3.8, 4) is 22.9 Å². The summed E-state index contributed by atoms with van der Waals surface area (Å²) >= 11 is 0. The van der Waals surface area contributed by atoms with E-state index in [1.165, 1.54) is 6.07 Å². The highest BCUT2D eigenvalue weighted by atomic mass is 19.1. The van der Waals surface area contributed by atoms with E-state index < -0.39 is 5.82 Å². The molecule has 6 nitrogen and oxygen atoms in total. The number of nitrogens with zero attached hydrogens (tertiary/aromatic N) is 2. The first-order chi connectivity index (χ1) is 9.29. The van der Waals surface area contributed by atoms with Crippen LogP contribution >= 0.6 is 0 Å². The number of ether oxygens (including phenoxy) is 2. The molecule has 0 bridgehead atoms. The molecule has 0 aliphatic carbocycles. The van der Waals surface area contributed by atoms with Crippen LogP contribution in [0.5, 0.6) is 11.5 Å². The third kappa shape index (κ3) is 2.12. The molecular formula is C12H12FN3O3. The fraction of sp³-hybridized carbons (Fsp3) is 0.333. The van der Waals surface area contributed by atoms with E-state index in [0.29, 0.717) is 25.4 Å². The van der Waals surface area contributed by atoms with Crippen LogP contribution in [0.1, 0.15) is 12.3 Å². The molecule has 1 aliphatic heterocycles. The second-order valence-corrected chi connectivity index (χ2v) is 4.02. The van der Waals surface area contributed by atoms with Crippen molar-refractivity contribution in [3.63, 3.8) is 0 Å². The Labute approximate surface area is 108 Å². The van der Waals surface area contributed by atoms with Crippen molar-refractivity contribution in [2.75, 3.05) is 13.2 Å². The van der Waals surface area contributed by atoms with Crippen molar-refractivity contribution in [1.29, 1.82) is 0 Å². The van der Waals surface area contributed by atoms with Crippen LogP contribution in [0, 0.1) is 5.82 Å². The maximum absolute atomic E-state index is 14.4. The minimum Gasteiger partial charge on any atom is -0.489 e. The molecule has 1 aromatic carbocycles. The molecule has 19 heavy (non-hydrogen) atoms. The van der Waals surface area contributed by atoms with E-state index in [1.807, 2.05) is 0 Å². The number of hydrogen-bond acceptors (Lipinski definition) is 6. The van der Waals surface area contributed by atoms with Gasteiger partial charge in [0, 0.05) is 6.42 Å². The van der Waals surface area contributed by atoms with Gasteiger partial charge in [-0.3, -0.25) is 0 Å². The van der Waals surface area contributed by atoms with Gasteiger partial charge in [0.1, 0.15) is 0 Å². The monoisotopic (exact) mass is 265 g/mol. The van der Waals surface area contributed by atoms with Gasteiger partial charge in [0.05, 0.1) is 25.3 Å². The minimum atomic E-state index is -0.552. The van der Waals surface area contributed by atoms with Gasteiger partial charge in [-0.15, -0.1) is 0 Å². The van der Waals surface area contributed by atoms with Crippen LogP contribution in [0.2, 0.25) is 0 Å². The van der Waals surface area contributed by atoms with Crippen molar-refractivity contribution < 1.29 is 18.4 Å². The molecule has 0 fully saturated rings. The summed E-state index contributed by atoms with van der Waals surface area (Å²) in [5.41, 5.74) is 5.58. The third-order valence-electron chi connectivity index (χ3n) is 2.74. The van der Waals surface area contributed by atoms with Crippen LogP contribution in [0.25, 0.3) is 11.4 Å². The van der Waals surface area contributed by atoms with Gasteiger partial charge in [0.15, 0.2) is 17.3 Å². The van der Waals surface area contributed by atoms with Gasteiger partial charge in [-0.2, -0.15) is 4.98 Å². The largest absolute Gasteiger partial charge is 0.489 e. The van der Waals surface area contributed by atoms with Gasteiger partial charge in [-0.25, -0.2) is 4.39 Å². The molecule has 2 N–H and O–H groups in total. The molecule has 0 spiro atoms. The van der Waals surface area contributed by atoms with Gasteiger partial charge in [0.2, 0.25) is 11.7 Å². The number of aromatic nitrogens is 2. The van der Waals surface area contributed by atoms with Gasteiger partial charge in [-0.1, -0.05) is 5.16 Å². The molecular weight excluding hydrogens is 253 g/mol. The third-order valence-corrected chi connectivity index (χ3v) is 2.74. The van der Waals surface area contributed by atoms with Crippen LogP contribution < -0.4 is 15.2 Å². The molecule has 0 saturated carbocycles. The normalized spacial score (nSPS) is 14.2. The topological polar surface area (TPSA) is 83.4 Å². The first-order valence-corrected chi connectivity index (χ1v) is 5.90. The zero-order chi connectivity index (χ0) is 13.2. The SMILES string of the molecule is NCc1nc(-c2ccc3c(c2F)OCCCO3)no1. The maximum atomic E-state index is 14.4. The number of hydrogen-bond donors (Lipinski definition) is 1. The summed E-state index contributed by atoms with van der Waals surface area (Å²) in [7, 11) is 0. The van der Waals surface area contributed by atoms with Crippen LogP contribution in [0.15, 0.2) is 16.7 Å². The Balaban J connectivity index is 2.05. The summed E-state index contributed by atoms with van der Waals surface area (Å²) in [4.78, 5) is 3.99. The van der Waals surface area contributed by atoms with Crippen LogP contribution in [-0.2, 0) is 6.54 Å². The lowest BCUT2D eigenvalue weighted by molar-refractivity contribution is 0.292. The van der Waals surface area contributed by atoms with E-state index in [9.17, 15) is 4.39 Å². The number of fused-ring (bicyclic) bond motifs is 1. The van der Waals surface area contributed by atoms with Crippen molar-refractivity contribution in [2.24, 2.45) is 5.73 Å². The average molecular weight is 265 g/mol. The van der Waals surface area contributed by atoms with E-state index in [4.69, 9.17) is 19.7 Å². The Bertz CT molecular complexity index is 600. The van der Waals surface area contributed by atoms with Crippen LogP contribution in [-0.4, -0.2) is 23.4 Å². The second-order valence-electron chi connectivity index (χ2n) is 4.02. The number of halogens is 1. The van der Waals surface area contributed by atoms with Gasteiger partial charge in [0.25, 0.3) is 0 Å². The quantitative estimate of drug-likeness (QED) is 0.885. The molecule has 0 saturated heterocycles. The molecule has 2 heterocycles. The Morgan fingerprint density at radius 2 is 2.11 bits per heavy atom. The van der Waals surface area contributed by atoms with Crippen molar-refractivity contribution in [2.45, 2.75) is 13.0 Å². The first-order valence-electron chi connectivity index (χ1n) is 5.90. The summed E-state index contributed by atoms with van der Waals surface area (Å²) in [5, 5.41) is 3.69. The number of nitrogens with two attached hydrogens (primary N) is 1. The summed E-state index contributed by atoms with van der Waals surface area (Å²) in [6.45, 7) is 1.03. The highest BCUT2D eigenvalue weighted by Gasteiger charge is 2.21. The van der Waals surface area contributed by atoms with Crippen molar-refractivity contribution >= 4 is 0 Å². The van der Waals surface area contributed by atoms with E-state index >= 15 is 0 Å². The Hall–Kier alpha value is -2.15. The molecule has 1 aromatic heterocycles. The van der Waals surface area contributed by atoms with Crippen molar-refractivity contribution in [3.05, 3.63) is 23.8 Å². The summed E-state index contributed by atoms with van der Waals surface area (Å²) in [5.74, 6) is 0.328. The lowest BCUT2D eigenvalue weighted by Gasteiger charge is -2.09. The van der Waals surface area contributed by atoms with Gasteiger partial charge >= 0.3 is 0 Å². The highest BCUT2D eigenvalue weighted by molar-refractivity contribution is 5.62. The molecule has 100 valence electrons. The smallest absolute Gasteiger partial charge is 0.240 e. The number of rotatable bonds is 2. The fourth-order valence-electron chi connectivity index (χ4n) is 1.82. The van der Waals surface area contributed by atoms with E-state index in [2.05, 4.69) is 10.1 Å². The molecule has 0 amide bonds. The van der Waals surface area contributed by atoms with Crippen LogP contribution in [0.3, 0.4) is 0 Å². The Morgan fingerprint density at radius 1 is 1.26 bits per heavy atom. The summed E-state index contributed by atoms with van der Waals surface area (Å²) in [6.07, 6.45) is 0.711. The predicted octanol–water partition coefficient (Wildman–Crippen LogP) is 1.50. The molecule has 0 unspecified atom stereocenters. The lowest BCUT2D eigenvalue weighted by Crippen LogP contribution is -1.99. The molecule has 7 heteroatoms. The van der Waals surface area contributed by atoms with Crippen LogP contribution in [0.4, 0.5) is 4.39 Å². The standard InChI is InChI=1S/C12H12FN3O3/c13-10-7(12-15-9(6-14)19-16-12)2-3-8-11(10)18-5-1-4-17-8/h2-3H,1,4-6,14H2. The lowest BCUT2D eigenvalue weighted by atomic mass is 10.1. The molecule has 0 radical (unpaired) electrons. The summed E-state index contributed by atoms with van der Waals surface area (Å²) < 4.78 is 30.0. The molecule has 2 aromatic rings. The number of benzene rings is 1. The first kappa shape index (κ1) is 11.9. The summed E-state index contributed by atoms with van der Waals surface area (Å²) in [6, 6.07) is 3.17. The van der Waals surface area contributed by atoms with E-state index in [0.717, 1.165) is 0 Å². The van der Waals surface area contributed by atoms with E-state index in [1.54, 1.807) is 6.07 Å². The zero-order valence-electron chi connectivity index (χ0n) is 10.1. The van der Waals surface area contributed by atoms with Gasteiger partial charge in [-0.05, 0) is 12.1 Å². The fourth-order valence-corrected chi connectivity index (χ4v) is 1.82. The predicted molar refractivity (Wildman–Crippen MR) is 63.2 cm³/mol. The second kappa shape index (κ2) is 4.85. The molecule has 1 aliphatic rings. The molecule has 0 atom stereocenters. The average Bonchev–Trinajstić information content (AvgIpc) is 2.76. The molecule has 3 rings (SSSR count). The van der Waals surface area contributed by atoms with E-state index in [-0.39, 0.29) is 29.6 Å². The van der Waals surface area contributed by atoms with Crippen molar-refractivity contribution in [1.82, 2.24) is 10.1 Å². The highest BCUT2D eigenvalue weighted by Crippen LogP contribution is 2.37.